The zero-order chi connectivity index (χ0) is 21.3. The number of aromatic nitrogens is 2. The van der Waals surface area contributed by atoms with Crippen LogP contribution in [0.15, 0.2) is 58.9 Å². The zero-order valence-electron chi connectivity index (χ0n) is 15.9. The van der Waals surface area contributed by atoms with Crippen molar-refractivity contribution in [2.24, 2.45) is 0 Å². The van der Waals surface area contributed by atoms with Crippen LogP contribution in [-0.2, 0) is 16.0 Å². The van der Waals surface area contributed by atoms with Crippen molar-refractivity contribution in [2.45, 2.75) is 19.4 Å². The highest BCUT2D eigenvalue weighted by Crippen LogP contribution is 2.26. The number of fused-ring (bicyclic) bond motifs is 2. The van der Waals surface area contributed by atoms with Crippen molar-refractivity contribution in [3.8, 4) is 11.8 Å². The number of carbonyl (C=O) groups excluding carboxylic acids is 1. The number of para-hydroxylation sites is 2. The van der Waals surface area contributed by atoms with Gasteiger partial charge in [0.15, 0.2) is 17.7 Å². The lowest BCUT2D eigenvalue weighted by Gasteiger charge is -2.13. The number of aromatic hydroxyl groups is 1. The van der Waals surface area contributed by atoms with Crippen LogP contribution in [0.4, 0.5) is 0 Å². The molecule has 0 fully saturated rings. The first-order valence-corrected chi connectivity index (χ1v) is 9.13. The van der Waals surface area contributed by atoms with E-state index in [0.29, 0.717) is 22.0 Å². The molecule has 8 nitrogen and oxygen atoms in total. The molecule has 30 heavy (non-hydrogen) atoms. The van der Waals surface area contributed by atoms with E-state index < -0.39 is 17.8 Å². The second-order valence-corrected chi connectivity index (χ2v) is 6.72. The number of aromatic amines is 1. The normalized spacial score (nSPS) is 13.1. The summed E-state index contributed by atoms with van der Waals surface area (Å²) in [6.07, 6.45) is 0.269. The molecular formula is C22H17N3O5. The Morgan fingerprint density at radius 1 is 1.33 bits per heavy atom. The summed E-state index contributed by atoms with van der Waals surface area (Å²) in [5.74, 6) is -0.748. The second kappa shape index (κ2) is 7.64. The molecule has 0 saturated heterocycles. The molecule has 4 aromatic rings. The maximum atomic E-state index is 12.4. The molecule has 150 valence electrons. The highest BCUT2D eigenvalue weighted by atomic mass is 16.6. The predicted molar refractivity (Wildman–Crippen MR) is 108 cm³/mol. The molecule has 0 spiro atoms. The van der Waals surface area contributed by atoms with Gasteiger partial charge in [0, 0.05) is 17.0 Å². The monoisotopic (exact) mass is 403 g/mol. The smallest absolute Gasteiger partial charge is 0.311 e. The summed E-state index contributed by atoms with van der Waals surface area (Å²) < 4.78 is 10.6. The number of ether oxygens (including phenoxy) is 1. The Kier molecular flexibility index (Phi) is 4.86. The second-order valence-electron chi connectivity index (χ2n) is 6.72. The topological polar surface area (TPSA) is 132 Å². The number of benzene rings is 2. The molecular weight excluding hydrogens is 386 g/mol. The number of allylic oxidation sites excluding steroid dienone is 1. The van der Waals surface area contributed by atoms with Gasteiger partial charge in [0.1, 0.15) is 23.0 Å². The summed E-state index contributed by atoms with van der Waals surface area (Å²) in [6, 6.07) is 13.7. The van der Waals surface area contributed by atoms with E-state index in [0.717, 1.165) is 5.52 Å². The van der Waals surface area contributed by atoms with Gasteiger partial charge in [0.2, 0.25) is 0 Å². The van der Waals surface area contributed by atoms with Gasteiger partial charge in [-0.2, -0.15) is 5.26 Å². The first kappa shape index (κ1) is 19.1. The van der Waals surface area contributed by atoms with Crippen LogP contribution in [0, 0.1) is 11.3 Å². The molecule has 0 aliphatic rings. The SMILES string of the molecule is C[C@@H](OC(=O)Cc1coc2cc(O)ccc12)/C(O)=C(\C#N)c1nc2ccccc2[nH]1. The van der Waals surface area contributed by atoms with Gasteiger partial charge in [-0.25, -0.2) is 4.98 Å². The number of aliphatic hydroxyl groups excluding tert-OH is 1. The van der Waals surface area contributed by atoms with Crippen molar-refractivity contribution < 1.29 is 24.2 Å². The number of aliphatic hydroxyl groups is 1. The number of carbonyl (C=O) groups is 1. The van der Waals surface area contributed by atoms with E-state index in [1.807, 2.05) is 18.2 Å². The van der Waals surface area contributed by atoms with E-state index in [2.05, 4.69) is 9.97 Å². The van der Waals surface area contributed by atoms with Crippen LogP contribution >= 0.6 is 0 Å². The van der Waals surface area contributed by atoms with E-state index in [4.69, 9.17) is 9.15 Å². The molecule has 0 amide bonds. The number of nitrogens with zero attached hydrogens (tertiary/aromatic N) is 2. The minimum Gasteiger partial charge on any atom is -0.508 e. The number of esters is 1. The molecule has 2 aromatic heterocycles. The van der Waals surface area contributed by atoms with Crippen LogP contribution in [0.5, 0.6) is 5.75 Å². The van der Waals surface area contributed by atoms with E-state index in [1.165, 1.54) is 25.3 Å². The van der Waals surface area contributed by atoms with Gasteiger partial charge in [-0.05, 0) is 31.2 Å². The van der Waals surface area contributed by atoms with Crippen molar-refractivity contribution in [2.75, 3.05) is 0 Å². The number of rotatable bonds is 5. The Balaban J connectivity index is 1.53. The Labute approximate surface area is 170 Å². The average Bonchev–Trinajstić information content (AvgIpc) is 3.32. The number of phenolic OH excluding ortho intramolecular Hbond substituents is 1. The first-order chi connectivity index (χ1) is 14.5. The lowest BCUT2D eigenvalue weighted by molar-refractivity contribution is -0.146. The number of imidazole rings is 1. The van der Waals surface area contributed by atoms with Crippen molar-refractivity contribution >= 4 is 33.5 Å². The number of nitriles is 1. The number of hydrogen-bond acceptors (Lipinski definition) is 7. The quantitative estimate of drug-likeness (QED) is 0.261. The molecule has 0 aliphatic heterocycles. The Morgan fingerprint density at radius 2 is 2.13 bits per heavy atom. The molecule has 0 radical (unpaired) electrons. The largest absolute Gasteiger partial charge is 0.508 e. The van der Waals surface area contributed by atoms with Crippen molar-refractivity contribution in [1.29, 1.82) is 5.26 Å². The van der Waals surface area contributed by atoms with Crippen LogP contribution in [-0.4, -0.2) is 32.3 Å². The van der Waals surface area contributed by atoms with Gasteiger partial charge in [0.25, 0.3) is 0 Å². The Hall–Kier alpha value is -4.25. The van der Waals surface area contributed by atoms with Gasteiger partial charge in [-0.3, -0.25) is 4.79 Å². The van der Waals surface area contributed by atoms with Crippen LogP contribution in [0.2, 0.25) is 0 Å². The van der Waals surface area contributed by atoms with Crippen molar-refractivity contribution in [3.63, 3.8) is 0 Å². The zero-order valence-corrected chi connectivity index (χ0v) is 15.9. The number of furan rings is 1. The third kappa shape index (κ3) is 3.56. The lowest BCUT2D eigenvalue weighted by atomic mass is 10.1. The maximum absolute atomic E-state index is 12.4. The number of hydrogen-bond donors (Lipinski definition) is 3. The fourth-order valence-corrected chi connectivity index (χ4v) is 3.16. The van der Waals surface area contributed by atoms with Gasteiger partial charge < -0.3 is 24.4 Å². The fourth-order valence-electron chi connectivity index (χ4n) is 3.16. The number of H-pyrrole nitrogens is 1. The molecule has 0 unspecified atom stereocenters. The van der Waals surface area contributed by atoms with Crippen LogP contribution in [0.25, 0.3) is 27.6 Å². The van der Waals surface area contributed by atoms with E-state index in [9.17, 15) is 20.3 Å². The molecule has 0 saturated carbocycles. The summed E-state index contributed by atoms with van der Waals surface area (Å²) in [7, 11) is 0. The summed E-state index contributed by atoms with van der Waals surface area (Å²) in [4.78, 5) is 19.6. The molecule has 0 aliphatic carbocycles. The molecule has 4 rings (SSSR count). The van der Waals surface area contributed by atoms with Crippen LogP contribution in [0.3, 0.4) is 0 Å². The van der Waals surface area contributed by atoms with E-state index >= 15 is 0 Å². The number of phenols is 1. The average molecular weight is 403 g/mol. The third-order valence-electron chi connectivity index (χ3n) is 4.66. The summed E-state index contributed by atoms with van der Waals surface area (Å²) in [5, 5.41) is 30.2. The van der Waals surface area contributed by atoms with Crippen LogP contribution < -0.4 is 0 Å². The fraction of sp³-hybridized carbons (Fsp3) is 0.136. The highest BCUT2D eigenvalue weighted by Gasteiger charge is 2.22. The van der Waals surface area contributed by atoms with Gasteiger partial charge >= 0.3 is 5.97 Å². The molecule has 8 heteroatoms. The van der Waals surface area contributed by atoms with Gasteiger partial charge in [-0.15, -0.1) is 0 Å². The molecule has 2 aromatic carbocycles. The molecule has 2 heterocycles. The molecule has 1 atom stereocenters. The standard InChI is InChI=1S/C22H17N3O5/c1-12(21(28)16(10-23)22-24-17-4-2-3-5-18(17)25-22)30-20(27)8-13-11-29-19-9-14(26)6-7-15(13)19/h2-7,9,11-12,26,28H,8H2,1H3,(H,24,25)/b21-16-/t12-/m1/s1. The molecule has 3 N–H and O–H groups in total. The van der Waals surface area contributed by atoms with Crippen LogP contribution in [0.1, 0.15) is 18.3 Å². The van der Waals surface area contributed by atoms with Crippen molar-refractivity contribution in [3.05, 3.63) is 65.9 Å². The lowest BCUT2D eigenvalue weighted by Crippen LogP contribution is -2.19. The molecule has 0 bridgehead atoms. The minimum absolute atomic E-state index is 0.0595. The van der Waals surface area contributed by atoms with Gasteiger partial charge in [0.05, 0.1) is 23.7 Å². The first-order valence-electron chi connectivity index (χ1n) is 9.13. The predicted octanol–water partition coefficient (Wildman–Crippen LogP) is 3.98. The summed E-state index contributed by atoms with van der Waals surface area (Å²) in [5.41, 5.74) is 2.30. The van der Waals surface area contributed by atoms with E-state index in [1.54, 1.807) is 18.2 Å². The summed E-state index contributed by atoms with van der Waals surface area (Å²) in [6.45, 7) is 1.47. The minimum atomic E-state index is -1.05. The van der Waals surface area contributed by atoms with E-state index in [-0.39, 0.29) is 23.6 Å². The number of nitrogens with one attached hydrogen (secondary N) is 1. The third-order valence-corrected chi connectivity index (χ3v) is 4.66. The maximum Gasteiger partial charge on any atom is 0.311 e. The highest BCUT2D eigenvalue weighted by molar-refractivity contribution is 5.87. The Morgan fingerprint density at radius 3 is 2.90 bits per heavy atom. The van der Waals surface area contributed by atoms with Crippen molar-refractivity contribution in [1.82, 2.24) is 9.97 Å². The summed E-state index contributed by atoms with van der Waals surface area (Å²) >= 11 is 0. The Bertz CT molecular complexity index is 1290. The van der Waals surface area contributed by atoms with Gasteiger partial charge in [-0.1, -0.05) is 12.1 Å².